The lowest BCUT2D eigenvalue weighted by Crippen LogP contribution is -2.39. The molecule has 2 aliphatic heterocycles. The normalized spacial score (nSPS) is 34.9. The molecule has 1 unspecified atom stereocenters. The van der Waals surface area contributed by atoms with Crippen LogP contribution in [0.5, 0.6) is 0 Å². The van der Waals surface area contributed by atoms with Crippen molar-refractivity contribution in [2.75, 3.05) is 26.4 Å². The molecular formula is C21H33F3O4. The summed E-state index contributed by atoms with van der Waals surface area (Å²) in [7, 11) is 0. The van der Waals surface area contributed by atoms with Crippen LogP contribution in [0.25, 0.3) is 0 Å². The van der Waals surface area contributed by atoms with Crippen LogP contribution in [-0.4, -0.2) is 45.2 Å². The number of alkyl halides is 3. The molecule has 1 aliphatic carbocycles. The Morgan fingerprint density at radius 3 is 2.14 bits per heavy atom. The van der Waals surface area contributed by atoms with Crippen molar-refractivity contribution in [3.63, 3.8) is 0 Å². The van der Waals surface area contributed by atoms with Crippen molar-refractivity contribution in [3.05, 3.63) is 11.6 Å². The highest BCUT2D eigenvalue weighted by Crippen LogP contribution is 2.37. The van der Waals surface area contributed by atoms with Crippen molar-refractivity contribution in [2.24, 2.45) is 17.8 Å². The highest BCUT2D eigenvalue weighted by Gasteiger charge is 2.38. The quantitative estimate of drug-likeness (QED) is 0.543. The Morgan fingerprint density at radius 1 is 0.929 bits per heavy atom. The molecule has 0 spiro atoms. The number of halogens is 3. The Balaban J connectivity index is 1.31. The number of hydrogen-bond donors (Lipinski definition) is 0. The van der Waals surface area contributed by atoms with Gasteiger partial charge in [-0.05, 0) is 38.5 Å². The average Bonchev–Trinajstić information content (AvgIpc) is 2.71. The molecule has 1 atom stereocenters. The standard InChI is InChI=1S/C21H33F3O4/c1-2-3-4-15-11-25-19(26-12-15)10-5-16-13-27-20(28-14-16)17-6-8-18(9-7-17)21(22,23)24/h8,15-17,19-20H,2-7,9-14H2,1H3/t15-,16-,17?,19-,20-. The van der Waals surface area contributed by atoms with Crippen LogP contribution in [0.2, 0.25) is 0 Å². The SMILES string of the molecule is CCCC[C@H]1CO[C@H](CC[C@H]2CO[C@H](C3CC=C(C(F)(F)F)CC3)OC2)OC1. The molecule has 0 aromatic rings. The van der Waals surface area contributed by atoms with Crippen LogP contribution in [0.15, 0.2) is 11.6 Å². The Bertz CT molecular complexity index is 492. The minimum atomic E-state index is -4.20. The first-order valence-electron chi connectivity index (χ1n) is 10.7. The van der Waals surface area contributed by atoms with Gasteiger partial charge in [-0.2, -0.15) is 13.2 Å². The summed E-state index contributed by atoms with van der Waals surface area (Å²) in [5, 5.41) is 0. The maximum atomic E-state index is 12.7. The third-order valence-electron chi connectivity index (χ3n) is 6.01. The van der Waals surface area contributed by atoms with E-state index < -0.39 is 11.7 Å². The zero-order valence-electron chi connectivity index (χ0n) is 16.7. The summed E-state index contributed by atoms with van der Waals surface area (Å²) in [6.07, 6.45) is 2.76. The van der Waals surface area contributed by atoms with Crippen LogP contribution in [0, 0.1) is 17.8 Å². The Labute approximate surface area is 165 Å². The van der Waals surface area contributed by atoms with Gasteiger partial charge in [0.15, 0.2) is 12.6 Å². The van der Waals surface area contributed by atoms with E-state index in [0.29, 0.717) is 32.0 Å². The molecule has 3 aliphatic rings. The lowest BCUT2D eigenvalue weighted by molar-refractivity contribution is -0.233. The van der Waals surface area contributed by atoms with Crippen molar-refractivity contribution in [1.82, 2.24) is 0 Å². The van der Waals surface area contributed by atoms with E-state index in [1.165, 1.54) is 18.9 Å². The lowest BCUT2D eigenvalue weighted by Gasteiger charge is -2.36. The topological polar surface area (TPSA) is 36.9 Å². The summed E-state index contributed by atoms with van der Waals surface area (Å²) >= 11 is 0. The minimum Gasteiger partial charge on any atom is -0.352 e. The molecule has 0 aromatic carbocycles. The molecule has 2 fully saturated rings. The van der Waals surface area contributed by atoms with E-state index in [-0.39, 0.29) is 30.8 Å². The molecule has 28 heavy (non-hydrogen) atoms. The van der Waals surface area contributed by atoms with Crippen molar-refractivity contribution < 1.29 is 32.1 Å². The highest BCUT2D eigenvalue weighted by molar-refractivity contribution is 5.12. The van der Waals surface area contributed by atoms with Gasteiger partial charge in [0.05, 0.1) is 26.4 Å². The third-order valence-corrected chi connectivity index (χ3v) is 6.01. The maximum absolute atomic E-state index is 12.7. The van der Waals surface area contributed by atoms with Crippen LogP contribution < -0.4 is 0 Å². The van der Waals surface area contributed by atoms with Gasteiger partial charge in [0, 0.05) is 23.3 Å². The molecule has 0 aromatic heterocycles. The van der Waals surface area contributed by atoms with Gasteiger partial charge in [-0.15, -0.1) is 0 Å². The van der Waals surface area contributed by atoms with Gasteiger partial charge >= 0.3 is 6.18 Å². The van der Waals surface area contributed by atoms with Crippen LogP contribution in [0.3, 0.4) is 0 Å². The van der Waals surface area contributed by atoms with E-state index in [2.05, 4.69) is 6.92 Å². The smallest absolute Gasteiger partial charge is 0.352 e. The monoisotopic (exact) mass is 406 g/mol. The second-order valence-electron chi connectivity index (χ2n) is 8.34. The predicted molar refractivity (Wildman–Crippen MR) is 98.6 cm³/mol. The number of rotatable bonds is 7. The van der Waals surface area contributed by atoms with Crippen LogP contribution in [0.1, 0.15) is 58.3 Å². The highest BCUT2D eigenvalue weighted by atomic mass is 19.4. The van der Waals surface area contributed by atoms with Gasteiger partial charge < -0.3 is 18.9 Å². The van der Waals surface area contributed by atoms with E-state index in [0.717, 1.165) is 32.5 Å². The molecule has 0 amide bonds. The van der Waals surface area contributed by atoms with Crippen molar-refractivity contribution in [3.8, 4) is 0 Å². The van der Waals surface area contributed by atoms with Crippen molar-refractivity contribution in [2.45, 2.75) is 77.0 Å². The lowest BCUT2D eigenvalue weighted by atomic mass is 9.88. The van der Waals surface area contributed by atoms with Crippen LogP contribution in [0.4, 0.5) is 13.2 Å². The molecule has 3 rings (SSSR count). The zero-order valence-corrected chi connectivity index (χ0v) is 16.7. The summed E-state index contributed by atoms with van der Waals surface area (Å²) < 4.78 is 61.5. The van der Waals surface area contributed by atoms with Crippen molar-refractivity contribution in [1.29, 1.82) is 0 Å². The Hall–Kier alpha value is -0.630. The van der Waals surface area contributed by atoms with E-state index in [1.807, 2.05) is 0 Å². The first-order chi connectivity index (χ1) is 13.5. The molecule has 7 heteroatoms. The first kappa shape index (κ1) is 22.1. The number of unbranched alkanes of at least 4 members (excludes halogenated alkanes) is 1. The van der Waals surface area contributed by atoms with Gasteiger partial charge in [0.2, 0.25) is 0 Å². The maximum Gasteiger partial charge on any atom is 0.412 e. The van der Waals surface area contributed by atoms with Crippen LogP contribution in [-0.2, 0) is 18.9 Å². The molecule has 0 bridgehead atoms. The van der Waals surface area contributed by atoms with Gasteiger partial charge in [-0.1, -0.05) is 25.8 Å². The van der Waals surface area contributed by atoms with Gasteiger partial charge in [0.1, 0.15) is 0 Å². The number of ether oxygens (including phenoxy) is 4. The molecule has 0 saturated carbocycles. The molecular weight excluding hydrogens is 373 g/mol. The number of hydrogen-bond acceptors (Lipinski definition) is 4. The summed E-state index contributed by atoms with van der Waals surface area (Å²) in [4.78, 5) is 0. The minimum absolute atomic E-state index is 0.0112. The molecule has 2 heterocycles. The van der Waals surface area contributed by atoms with Gasteiger partial charge in [0.25, 0.3) is 0 Å². The van der Waals surface area contributed by atoms with E-state index in [9.17, 15) is 13.2 Å². The number of allylic oxidation sites excluding steroid dienone is 2. The summed E-state index contributed by atoms with van der Waals surface area (Å²) in [5.74, 6) is 0.809. The second kappa shape index (κ2) is 10.4. The van der Waals surface area contributed by atoms with E-state index in [1.54, 1.807) is 0 Å². The molecule has 0 N–H and O–H groups in total. The van der Waals surface area contributed by atoms with E-state index >= 15 is 0 Å². The summed E-state index contributed by atoms with van der Waals surface area (Å²) in [5.41, 5.74) is -0.415. The fraction of sp³-hybridized carbons (Fsp3) is 0.905. The van der Waals surface area contributed by atoms with Crippen molar-refractivity contribution >= 4 is 0 Å². The molecule has 4 nitrogen and oxygen atoms in total. The Morgan fingerprint density at radius 2 is 1.57 bits per heavy atom. The first-order valence-corrected chi connectivity index (χ1v) is 10.7. The van der Waals surface area contributed by atoms with Gasteiger partial charge in [-0.25, -0.2) is 0 Å². The molecule has 2 saturated heterocycles. The fourth-order valence-corrected chi connectivity index (χ4v) is 4.14. The Kier molecular flexibility index (Phi) is 8.21. The largest absolute Gasteiger partial charge is 0.412 e. The van der Waals surface area contributed by atoms with Gasteiger partial charge in [-0.3, -0.25) is 0 Å². The zero-order chi connectivity index (χ0) is 20.0. The fourth-order valence-electron chi connectivity index (χ4n) is 4.14. The van der Waals surface area contributed by atoms with Crippen LogP contribution >= 0.6 is 0 Å². The van der Waals surface area contributed by atoms with E-state index in [4.69, 9.17) is 18.9 Å². The average molecular weight is 406 g/mol. The third kappa shape index (κ3) is 6.44. The summed E-state index contributed by atoms with van der Waals surface area (Å²) in [6.45, 7) is 4.92. The molecule has 0 radical (unpaired) electrons. The predicted octanol–water partition coefficient (Wildman–Crippen LogP) is 5.22. The molecule has 162 valence electrons. The second-order valence-corrected chi connectivity index (χ2v) is 8.34. The summed E-state index contributed by atoms with van der Waals surface area (Å²) in [6, 6.07) is 0.